The monoisotopic (exact) mass is 571 g/mol. The van der Waals surface area contributed by atoms with Gasteiger partial charge in [0.25, 0.3) is 0 Å². The van der Waals surface area contributed by atoms with E-state index in [0.717, 1.165) is 20.8 Å². The number of aryl methyl sites for hydroxylation is 2. The lowest BCUT2D eigenvalue weighted by Crippen LogP contribution is -2.12. The molecular weight excluding hydrogens is 546 g/mol. The first kappa shape index (κ1) is 22.1. The Kier molecular flexibility index (Phi) is 5.66. The van der Waals surface area contributed by atoms with Crippen LogP contribution >= 0.6 is 31.9 Å². The van der Waals surface area contributed by atoms with E-state index in [0.29, 0.717) is 0 Å². The number of nitrogens with zero attached hydrogens (tertiary/aromatic N) is 1. The van der Waals surface area contributed by atoms with E-state index in [4.69, 9.17) is 0 Å². The Morgan fingerprint density at radius 3 is 1.76 bits per heavy atom. The number of anilines is 3. The second-order valence-corrected chi connectivity index (χ2v) is 11.6. The van der Waals surface area contributed by atoms with Gasteiger partial charge in [-0.15, -0.1) is 0 Å². The van der Waals surface area contributed by atoms with Crippen LogP contribution in [0.4, 0.5) is 17.1 Å². The first-order valence-electron chi connectivity index (χ1n) is 12.0. The van der Waals surface area contributed by atoms with Crippen LogP contribution in [0, 0.1) is 13.8 Å². The molecule has 2 aliphatic carbocycles. The molecule has 0 heterocycles. The average Bonchev–Trinajstić information content (AvgIpc) is 3.45. The van der Waals surface area contributed by atoms with Crippen molar-refractivity contribution in [1.29, 1.82) is 0 Å². The molecule has 2 aliphatic rings. The normalized spacial score (nSPS) is 18.2. The highest BCUT2D eigenvalue weighted by molar-refractivity contribution is 9.10. The van der Waals surface area contributed by atoms with Crippen LogP contribution in [0.5, 0.6) is 0 Å². The summed E-state index contributed by atoms with van der Waals surface area (Å²) in [6.07, 6.45) is 4.12. The molecule has 0 aliphatic heterocycles. The van der Waals surface area contributed by atoms with Crippen LogP contribution in [0.2, 0.25) is 0 Å². The van der Waals surface area contributed by atoms with Gasteiger partial charge >= 0.3 is 0 Å². The Hall–Kier alpha value is -2.36. The summed E-state index contributed by atoms with van der Waals surface area (Å²) in [6, 6.07) is 29.3. The van der Waals surface area contributed by atoms with Crippen LogP contribution in [0.1, 0.15) is 53.4 Å². The molecule has 0 radical (unpaired) electrons. The number of fused-ring (bicyclic) bond motifs is 5. The molecule has 1 nitrogen and oxygen atoms in total. The van der Waals surface area contributed by atoms with Crippen LogP contribution < -0.4 is 4.90 Å². The number of benzene rings is 4. The van der Waals surface area contributed by atoms with Crippen LogP contribution in [-0.4, -0.2) is 0 Å². The van der Waals surface area contributed by atoms with Gasteiger partial charge in [-0.3, -0.25) is 0 Å². The summed E-state index contributed by atoms with van der Waals surface area (Å²) in [5.41, 5.74) is 11.8. The van der Waals surface area contributed by atoms with E-state index >= 15 is 0 Å². The van der Waals surface area contributed by atoms with E-state index in [1.807, 2.05) is 0 Å². The standard InChI is InChI=1S/C31H27Br2N/c1-19-15-25(32)8-13-30(19)34(31-14-9-26(33)16-20(31)2)27-10-5-21(6-11-27)22-7-12-28-23-3-4-24(17-23)29(28)18-22/h5-16,18,23-24H,3-4,17H2,1-2H3. The van der Waals surface area contributed by atoms with Crippen molar-refractivity contribution in [2.75, 3.05) is 4.90 Å². The van der Waals surface area contributed by atoms with Gasteiger partial charge in [0.05, 0.1) is 0 Å². The molecule has 170 valence electrons. The fraction of sp³-hybridized carbons (Fsp3) is 0.226. The molecule has 4 aromatic carbocycles. The van der Waals surface area contributed by atoms with Gasteiger partial charge in [0.2, 0.25) is 0 Å². The summed E-state index contributed by atoms with van der Waals surface area (Å²) >= 11 is 7.25. The number of halogens is 2. The molecule has 0 spiro atoms. The van der Waals surface area contributed by atoms with Gasteiger partial charge in [-0.2, -0.15) is 0 Å². The average molecular weight is 573 g/mol. The Labute approximate surface area is 219 Å². The quantitative estimate of drug-likeness (QED) is 0.235. The van der Waals surface area contributed by atoms with Crippen LogP contribution in [-0.2, 0) is 0 Å². The van der Waals surface area contributed by atoms with Crippen molar-refractivity contribution in [2.45, 2.75) is 44.9 Å². The van der Waals surface area contributed by atoms with E-state index in [1.165, 1.54) is 58.6 Å². The van der Waals surface area contributed by atoms with Crippen molar-refractivity contribution in [1.82, 2.24) is 0 Å². The lowest BCUT2D eigenvalue weighted by molar-refractivity contribution is 0.718. The Balaban J connectivity index is 1.41. The van der Waals surface area contributed by atoms with Crippen molar-refractivity contribution in [3.8, 4) is 11.1 Å². The van der Waals surface area contributed by atoms with Crippen molar-refractivity contribution in [2.24, 2.45) is 0 Å². The van der Waals surface area contributed by atoms with E-state index in [1.54, 1.807) is 11.1 Å². The van der Waals surface area contributed by atoms with E-state index in [-0.39, 0.29) is 0 Å². The minimum absolute atomic E-state index is 0.787. The molecule has 0 amide bonds. The summed E-state index contributed by atoms with van der Waals surface area (Å²) in [5.74, 6) is 1.60. The van der Waals surface area contributed by atoms with Crippen LogP contribution in [0.15, 0.2) is 87.8 Å². The van der Waals surface area contributed by atoms with Gasteiger partial charge in [0, 0.05) is 26.0 Å². The van der Waals surface area contributed by atoms with Crippen molar-refractivity contribution >= 4 is 48.9 Å². The fourth-order valence-corrected chi connectivity index (χ4v) is 6.93. The number of hydrogen-bond acceptors (Lipinski definition) is 1. The first-order valence-corrected chi connectivity index (χ1v) is 13.6. The lowest BCUT2D eigenvalue weighted by Gasteiger charge is -2.29. The molecule has 0 saturated heterocycles. The molecule has 2 unspecified atom stereocenters. The molecule has 34 heavy (non-hydrogen) atoms. The van der Waals surface area contributed by atoms with E-state index < -0.39 is 0 Å². The summed E-state index contributed by atoms with van der Waals surface area (Å²) in [6.45, 7) is 4.35. The van der Waals surface area contributed by atoms with Gasteiger partial charge in [0.15, 0.2) is 0 Å². The molecule has 1 fully saturated rings. The third kappa shape index (κ3) is 3.83. The highest BCUT2D eigenvalue weighted by atomic mass is 79.9. The second-order valence-electron chi connectivity index (χ2n) is 9.79. The molecule has 1 saturated carbocycles. The lowest BCUT2D eigenvalue weighted by atomic mass is 9.89. The zero-order valence-electron chi connectivity index (χ0n) is 19.5. The highest BCUT2D eigenvalue weighted by Gasteiger charge is 2.36. The summed E-state index contributed by atoms with van der Waals surface area (Å²) in [5, 5.41) is 0. The van der Waals surface area contributed by atoms with Crippen LogP contribution in [0.3, 0.4) is 0 Å². The first-order chi connectivity index (χ1) is 16.5. The third-order valence-electron chi connectivity index (χ3n) is 7.66. The van der Waals surface area contributed by atoms with Crippen molar-refractivity contribution in [3.05, 3.63) is 110 Å². The van der Waals surface area contributed by atoms with Gasteiger partial charge < -0.3 is 4.90 Å². The molecule has 2 atom stereocenters. The minimum Gasteiger partial charge on any atom is -0.310 e. The van der Waals surface area contributed by atoms with E-state index in [9.17, 15) is 0 Å². The Morgan fingerprint density at radius 1 is 0.618 bits per heavy atom. The Morgan fingerprint density at radius 2 is 1.18 bits per heavy atom. The van der Waals surface area contributed by atoms with Gasteiger partial charge in [-0.1, -0.05) is 62.2 Å². The summed E-state index contributed by atoms with van der Waals surface area (Å²) in [4.78, 5) is 2.37. The van der Waals surface area contributed by atoms with E-state index in [2.05, 4.69) is 129 Å². The zero-order chi connectivity index (χ0) is 23.4. The molecular formula is C31H27Br2N. The number of rotatable bonds is 4. The predicted octanol–water partition coefficient (Wildman–Crippen LogP) is 10.3. The van der Waals surface area contributed by atoms with Crippen LogP contribution in [0.25, 0.3) is 11.1 Å². The summed E-state index contributed by atoms with van der Waals surface area (Å²) < 4.78 is 2.20. The molecule has 2 bridgehead atoms. The molecule has 6 rings (SSSR count). The maximum atomic E-state index is 3.63. The molecule has 4 aromatic rings. The molecule has 0 N–H and O–H groups in total. The minimum atomic E-state index is 0.787. The fourth-order valence-electron chi connectivity index (χ4n) is 5.98. The largest absolute Gasteiger partial charge is 0.310 e. The van der Waals surface area contributed by atoms with Gasteiger partial charge in [0.1, 0.15) is 0 Å². The number of hydrogen-bond donors (Lipinski definition) is 0. The Bertz CT molecular complexity index is 1340. The summed E-state index contributed by atoms with van der Waals surface area (Å²) in [7, 11) is 0. The van der Waals surface area contributed by atoms with Crippen molar-refractivity contribution < 1.29 is 0 Å². The second kappa shape index (κ2) is 8.70. The van der Waals surface area contributed by atoms with Gasteiger partial charge in [-0.05, 0) is 127 Å². The SMILES string of the molecule is Cc1cc(Br)ccc1N(c1ccc(-c2ccc3c(c2)C2CCC3C2)cc1)c1ccc(Br)cc1C. The zero-order valence-corrected chi connectivity index (χ0v) is 22.7. The van der Waals surface area contributed by atoms with Crippen molar-refractivity contribution in [3.63, 3.8) is 0 Å². The predicted molar refractivity (Wildman–Crippen MR) is 151 cm³/mol. The molecule has 3 heteroatoms. The third-order valence-corrected chi connectivity index (χ3v) is 8.64. The van der Waals surface area contributed by atoms with Gasteiger partial charge in [-0.25, -0.2) is 0 Å². The smallest absolute Gasteiger partial charge is 0.0491 e. The topological polar surface area (TPSA) is 3.24 Å². The maximum Gasteiger partial charge on any atom is 0.0491 e. The highest BCUT2D eigenvalue weighted by Crippen LogP contribution is 2.53. The molecule has 0 aromatic heterocycles. The maximum absolute atomic E-state index is 3.63.